The molecule has 0 fully saturated rings. The average molecular weight is 354 g/mol. The van der Waals surface area contributed by atoms with Crippen LogP contribution in [0.4, 0.5) is 0 Å². The smallest absolute Gasteiger partial charge is 0.339 e. The Bertz CT molecular complexity index is 426. The van der Waals surface area contributed by atoms with E-state index in [-0.39, 0.29) is 5.97 Å². The molecule has 0 heterocycles. The molecule has 0 unspecified atom stereocenters. The van der Waals surface area contributed by atoms with Gasteiger partial charge in [-0.15, -0.1) is 23.4 Å². The van der Waals surface area contributed by atoms with Crippen LogP contribution >= 0.6 is 39.3 Å². The SMILES string of the molecule is CCOC(=O)c1ccc(Br)c(OCCCl)c1SC. The Morgan fingerprint density at radius 3 is 2.78 bits per heavy atom. The summed E-state index contributed by atoms with van der Waals surface area (Å²) in [7, 11) is 0. The van der Waals surface area contributed by atoms with Crippen molar-refractivity contribution in [2.75, 3.05) is 25.3 Å². The molecule has 0 aliphatic carbocycles. The normalized spacial score (nSPS) is 10.2. The van der Waals surface area contributed by atoms with Crippen LogP contribution in [0.2, 0.25) is 0 Å². The zero-order chi connectivity index (χ0) is 13.5. The number of rotatable bonds is 6. The van der Waals surface area contributed by atoms with Crippen molar-refractivity contribution in [3.05, 3.63) is 22.2 Å². The van der Waals surface area contributed by atoms with Crippen LogP contribution < -0.4 is 4.74 Å². The molecule has 0 saturated carbocycles. The van der Waals surface area contributed by atoms with Crippen molar-refractivity contribution in [2.24, 2.45) is 0 Å². The first-order valence-corrected chi connectivity index (χ1v) is 7.93. The number of esters is 1. The molecule has 1 rings (SSSR count). The summed E-state index contributed by atoms with van der Waals surface area (Å²) in [5.41, 5.74) is 0.511. The van der Waals surface area contributed by atoms with Crippen molar-refractivity contribution in [3.8, 4) is 5.75 Å². The number of halogens is 2. The van der Waals surface area contributed by atoms with Gasteiger partial charge in [-0.25, -0.2) is 4.79 Å². The molecule has 0 bridgehead atoms. The van der Waals surface area contributed by atoms with Gasteiger partial charge in [-0.05, 0) is 41.2 Å². The van der Waals surface area contributed by atoms with Crippen LogP contribution in [-0.4, -0.2) is 31.3 Å². The first-order chi connectivity index (χ1) is 8.65. The van der Waals surface area contributed by atoms with E-state index >= 15 is 0 Å². The molecular formula is C12H14BrClO3S. The third-order valence-electron chi connectivity index (χ3n) is 2.09. The highest BCUT2D eigenvalue weighted by Gasteiger charge is 2.18. The van der Waals surface area contributed by atoms with Gasteiger partial charge in [0.2, 0.25) is 0 Å². The highest BCUT2D eigenvalue weighted by Crippen LogP contribution is 2.38. The predicted molar refractivity (Wildman–Crippen MR) is 78.1 cm³/mol. The minimum atomic E-state index is -0.343. The Morgan fingerprint density at radius 2 is 2.22 bits per heavy atom. The summed E-state index contributed by atoms with van der Waals surface area (Å²) >= 11 is 10.5. The molecule has 100 valence electrons. The van der Waals surface area contributed by atoms with Crippen molar-refractivity contribution in [1.29, 1.82) is 0 Å². The minimum absolute atomic E-state index is 0.343. The number of hydrogen-bond acceptors (Lipinski definition) is 4. The van der Waals surface area contributed by atoms with E-state index in [0.717, 1.165) is 9.37 Å². The topological polar surface area (TPSA) is 35.5 Å². The molecule has 0 saturated heterocycles. The van der Waals surface area contributed by atoms with Crippen LogP contribution in [0.3, 0.4) is 0 Å². The third-order valence-corrected chi connectivity index (χ3v) is 3.68. The fourth-order valence-electron chi connectivity index (χ4n) is 1.39. The molecule has 0 aliphatic rings. The van der Waals surface area contributed by atoms with Gasteiger partial charge in [0.15, 0.2) is 0 Å². The van der Waals surface area contributed by atoms with E-state index in [2.05, 4.69) is 15.9 Å². The van der Waals surface area contributed by atoms with Crippen LogP contribution in [0.5, 0.6) is 5.75 Å². The lowest BCUT2D eigenvalue weighted by atomic mass is 10.2. The van der Waals surface area contributed by atoms with E-state index in [1.54, 1.807) is 19.1 Å². The van der Waals surface area contributed by atoms with Gasteiger partial charge < -0.3 is 9.47 Å². The van der Waals surface area contributed by atoms with Crippen molar-refractivity contribution in [3.63, 3.8) is 0 Å². The van der Waals surface area contributed by atoms with Gasteiger partial charge in [-0.3, -0.25) is 0 Å². The second-order valence-corrected chi connectivity index (χ2v) is 5.26. The Labute approximate surface area is 124 Å². The fourth-order valence-corrected chi connectivity index (χ4v) is 2.76. The summed E-state index contributed by atoms with van der Waals surface area (Å²) in [5, 5.41) is 0. The van der Waals surface area contributed by atoms with Gasteiger partial charge in [0.25, 0.3) is 0 Å². The van der Waals surface area contributed by atoms with E-state index in [0.29, 0.717) is 30.4 Å². The molecule has 1 aromatic carbocycles. The lowest BCUT2D eigenvalue weighted by Gasteiger charge is -2.14. The maximum Gasteiger partial charge on any atom is 0.339 e. The Morgan fingerprint density at radius 1 is 1.50 bits per heavy atom. The van der Waals surface area contributed by atoms with Crippen molar-refractivity contribution in [1.82, 2.24) is 0 Å². The number of carbonyl (C=O) groups excluding carboxylic acids is 1. The molecule has 0 atom stereocenters. The Hall–Kier alpha value is -0.390. The maximum atomic E-state index is 11.8. The fraction of sp³-hybridized carbons (Fsp3) is 0.417. The van der Waals surface area contributed by atoms with Crippen molar-refractivity contribution < 1.29 is 14.3 Å². The van der Waals surface area contributed by atoms with E-state index < -0.39 is 0 Å². The van der Waals surface area contributed by atoms with E-state index in [1.807, 2.05) is 6.26 Å². The number of carbonyl (C=O) groups is 1. The van der Waals surface area contributed by atoms with Crippen LogP contribution in [0.1, 0.15) is 17.3 Å². The largest absolute Gasteiger partial charge is 0.490 e. The van der Waals surface area contributed by atoms with E-state index in [4.69, 9.17) is 21.1 Å². The molecule has 3 nitrogen and oxygen atoms in total. The quantitative estimate of drug-likeness (QED) is 0.440. The van der Waals surface area contributed by atoms with Gasteiger partial charge in [-0.1, -0.05) is 0 Å². The molecule has 6 heteroatoms. The molecule has 0 aromatic heterocycles. The number of ether oxygens (including phenoxy) is 2. The van der Waals surface area contributed by atoms with Crippen molar-refractivity contribution in [2.45, 2.75) is 11.8 Å². The summed E-state index contributed by atoms with van der Waals surface area (Å²) in [6, 6.07) is 3.50. The van der Waals surface area contributed by atoms with Crippen LogP contribution in [0, 0.1) is 0 Å². The second kappa shape index (κ2) is 7.92. The van der Waals surface area contributed by atoms with E-state index in [9.17, 15) is 4.79 Å². The number of hydrogen-bond donors (Lipinski definition) is 0. The summed E-state index contributed by atoms with van der Waals surface area (Å²) < 4.78 is 11.4. The summed E-state index contributed by atoms with van der Waals surface area (Å²) in [4.78, 5) is 12.6. The van der Waals surface area contributed by atoms with Gasteiger partial charge in [0, 0.05) is 0 Å². The molecule has 18 heavy (non-hydrogen) atoms. The maximum absolute atomic E-state index is 11.8. The average Bonchev–Trinajstić information content (AvgIpc) is 2.37. The molecule has 0 amide bonds. The van der Waals surface area contributed by atoms with Gasteiger partial charge in [-0.2, -0.15) is 0 Å². The molecule has 1 aromatic rings. The Balaban J connectivity index is 3.15. The monoisotopic (exact) mass is 352 g/mol. The molecule has 0 spiro atoms. The van der Waals surface area contributed by atoms with Gasteiger partial charge >= 0.3 is 5.97 Å². The first kappa shape index (κ1) is 15.7. The van der Waals surface area contributed by atoms with E-state index in [1.165, 1.54) is 11.8 Å². The summed E-state index contributed by atoms with van der Waals surface area (Å²) in [6.07, 6.45) is 1.89. The van der Waals surface area contributed by atoms with Crippen LogP contribution in [-0.2, 0) is 4.74 Å². The van der Waals surface area contributed by atoms with Crippen LogP contribution in [0.25, 0.3) is 0 Å². The van der Waals surface area contributed by atoms with Gasteiger partial charge in [0.1, 0.15) is 12.4 Å². The van der Waals surface area contributed by atoms with Crippen LogP contribution in [0.15, 0.2) is 21.5 Å². The summed E-state index contributed by atoms with van der Waals surface area (Å²) in [5.74, 6) is 0.683. The third kappa shape index (κ3) is 3.80. The summed E-state index contributed by atoms with van der Waals surface area (Å²) in [6.45, 7) is 2.51. The standard InChI is InChI=1S/C12H14BrClO3S/c1-3-16-12(15)8-4-5-9(13)10(11(8)18-2)17-7-6-14/h4-5H,3,6-7H2,1-2H3. The lowest BCUT2D eigenvalue weighted by molar-refractivity contribution is 0.0521. The number of alkyl halides is 1. The van der Waals surface area contributed by atoms with Crippen molar-refractivity contribution >= 4 is 45.3 Å². The Kier molecular flexibility index (Phi) is 6.89. The predicted octanol–water partition coefficient (Wildman–Crippen LogP) is 3.97. The first-order valence-electron chi connectivity index (χ1n) is 5.38. The number of benzene rings is 1. The minimum Gasteiger partial charge on any atom is -0.490 e. The molecular weight excluding hydrogens is 340 g/mol. The van der Waals surface area contributed by atoms with Gasteiger partial charge in [0.05, 0.1) is 27.4 Å². The number of thioether (sulfide) groups is 1. The molecule has 0 radical (unpaired) electrons. The molecule has 0 aliphatic heterocycles. The second-order valence-electron chi connectivity index (χ2n) is 3.22. The highest BCUT2D eigenvalue weighted by molar-refractivity contribution is 9.10. The zero-order valence-electron chi connectivity index (χ0n) is 10.2. The molecule has 0 N–H and O–H groups in total. The zero-order valence-corrected chi connectivity index (χ0v) is 13.3. The highest BCUT2D eigenvalue weighted by atomic mass is 79.9. The lowest BCUT2D eigenvalue weighted by Crippen LogP contribution is -2.08.